The quantitative estimate of drug-likeness (QED) is 0.751. The lowest BCUT2D eigenvalue weighted by Crippen LogP contribution is -2.40. The number of nitrogens with two attached hydrogens (primary N) is 1. The molecule has 0 bridgehead atoms. The molecule has 18 heavy (non-hydrogen) atoms. The van der Waals surface area contributed by atoms with Crippen LogP contribution in [0.3, 0.4) is 0 Å². The van der Waals surface area contributed by atoms with Gasteiger partial charge in [0.1, 0.15) is 0 Å². The first-order valence-corrected chi connectivity index (χ1v) is 7.93. The number of hydrogen-bond donors (Lipinski definition) is 1. The van der Waals surface area contributed by atoms with Crippen LogP contribution in [0.1, 0.15) is 66.2 Å². The lowest BCUT2D eigenvalue weighted by molar-refractivity contribution is 0.102. The highest BCUT2D eigenvalue weighted by molar-refractivity contribution is 4.81. The topological polar surface area (TPSA) is 29.3 Å². The highest BCUT2D eigenvalue weighted by atomic mass is 15.1. The second-order valence-corrected chi connectivity index (χ2v) is 6.98. The average Bonchev–Trinajstić information content (AvgIpc) is 2.32. The van der Waals surface area contributed by atoms with Gasteiger partial charge in [0.15, 0.2) is 0 Å². The summed E-state index contributed by atoms with van der Waals surface area (Å²) in [6.45, 7) is 13.2. The summed E-state index contributed by atoms with van der Waals surface area (Å²) in [6.07, 6.45) is 7.91. The second kappa shape index (κ2) is 7.49. The molecule has 108 valence electrons. The van der Waals surface area contributed by atoms with Gasteiger partial charge in [-0.1, -0.05) is 33.6 Å². The van der Waals surface area contributed by atoms with Gasteiger partial charge in [-0.2, -0.15) is 0 Å². The minimum Gasteiger partial charge on any atom is -0.328 e. The van der Waals surface area contributed by atoms with Gasteiger partial charge < -0.3 is 10.6 Å². The van der Waals surface area contributed by atoms with Gasteiger partial charge in [-0.05, 0) is 57.0 Å². The zero-order valence-electron chi connectivity index (χ0n) is 13.0. The Morgan fingerprint density at radius 3 is 2.28 bits per heavy atom. The van der Waals surface area contributed by atoms with Gasteiger partial charge in [0.25, 0.3) is 0 Å². The van der Waals surface area contributed by atoms with Crippen molar-refractivity contribution in [1.82, 2.24) is 4.90 Å². The van der Waals surface area contributed by atoms with E-state index in [-0.39, 0.29) is 0 Å². The van der Waals surface area contributed by atoms with Gasteiger partial charge in [0.2, 0.25) is 0 Å². The van der Waals surface area contributed by atoms with Crippen LogP contribution in [-0.4, -0.2) is 30.6 Å². The SMILES string of the molecule is CCC1(C)CCN(CC(C)CCCC(C)N)CC1. The van der Waals surface area contributed by atoms with Crippen LogP contribution in [0, 0.1) is 11.3 Å². The van der Waals surface area contributed by atoms with E-state index in [1.165, 1.54) is 58.2 Å². The first kappa shape index (κ1) is 16.0. The van der Waals surface area contributed by atoms with Crippen molar-refractivity contribution in [3.8, 4) is 0 Å². The van der Waals surface area contributed by atoms with Crippen LogP contribution in [-0.2, 0) is 0 Å². The van der Waals surface area contributed by atoms with Crippen molar-refractivity contribution >= 4 is 0 Å². The standard InChI is InChI=1S/C16H34N2/c1-5-16(4)9-11-18(12-10-16)13-14(2)7-6-8-15(3)17/h14-15H,5-13,17H2,1-4H3. The Bertz CT molecular complexity index is 217. The third-order valence-electron chi connectivity index (χ3n) is 4.84. The Kier molecular flexibility index (Phi) is 6.65. The molecule has 2 unspecified atom stereocenters. The van der Waals surface area contributed by atoms with E-state index in [0.717, 1.165) is 5.92 Å². The zero-order chi connectivity index (χ0) is 13.6. The second-order valence-electron chi connectivity index (χ2n) is 6.98. The molecule has 1 aliphatic heterocycles. The fraction of sp³-hybridized carbons (Fsp3) is 1.00. The maximum atomic E-state index is 5.80. The molecule has 2 N–H and O–H groups in total. The monoisotopic (exact) mass is 254 g/mol. The first-order chi connectivity index (χ1) is 8.45. The van der Waals surface area contributed by atoms with E-state index in [0.29, 0.717) is 11.5 Å². The van der Waals surface area contributed by atoms with Crippen molar-refractivity contribution in [2.75, 3.05) is 19.6 Å². The Morgan fingerprint density at radius 1 is 1.17 bits per heavy atom. The van der Waals surface area contributed by atoms with Crippen LogP contribution < -0.4 is 5.73 Å². The number of hydrogen-bond acceptors (Lipinski definition) is 2. The summed E-state index contributed by atoms with van der Waals surface area (Å²) in [7, 11) is 0. The smallest absolute Gasteiger partial charge is 0.00104 e. The summed E-state index contributed by atoms with van der Waals surface area (Å²) in [5.41, 5.74) is 6.42. The molecule has 0 aromatic carbocycles. The van der Waals surface area contributed by atoms with Crippen molar-refractivity contribution in [3.05, 3.63) is 0 Å². The van der Waals surface area contributed by atoms with E-state index in [1.54, 1.807) is 0 Å². The maximum absolute atomic E-state index is 5.80. The zero-order valence-corrected chi connectivity index (χ0v) is 13.0. The number of rotatable bonds is 7. The van der Waals surface area contributed by atoms with Gasteiger partial charge in [-0.15, -0.1) is 0 Å². The van der Waals surface area contributed by atoms with Crippen LogP contribution in [0.25, 0.3) is 0 Å². The van der Waals surface area contributed by atoms with Crippen LogP contribution in [0.5, 0.6) is 0 Å². The van der Waals surface area contributed by atoms with Crippen LogP contribution in [0.2, 0.25) is 0 Å². The predicted octanol–water partition coefficient (Wildman–Crippen LogP) is 3.65. The minimum atomic E-state index is 0.373. The fourth-order valence-electron chi connectivity index (χ4n) is 2.95. The van der Waals surface area contributed by atoms with Gasteiger partial charge in [-0.25, -0.2) is 0 Å². The van der Waals surface area contributed by atoms with Crippen molar-refractivity contribution in [3.63, 3.8) is 0 Å². The summed E-state index contributed by atoms with van der Waals surface area (Å²) in [4.78, 5) is 2.67. The molecule has 2 heteroatoms. The third-order valence-corrected chi connectivity index (χ3v) is 4.84. The summed E-state index contributed by atoms with van der Waals surface area (Å²) >= 11 is 0. The average molecular weight is 254 g/mol. The summed E-state index contributed by atoms with van der Waals surface area (Å²) in [6, 6.07) is 0.373. The minimum absolute atomic E-state index is 0.373. The molecule has 0 radical (unpaired) electrons. The van der Waals surface area contributed by atoms with Crippen LogP contribution in [0.15, 0.2) is 0 Å². The molecule has 0 saturated carbocycles. The Balaban J connectivity index is 2.16. The van der Waals surface area contributed by atoms with Crippen molar-refractivity contribution < 1.29 is 0 Å². The van der Waals surface area contributed by atoms with Gasteiger partial charge >= 0.3 is 0 Å². The molecule has 2 nitrogen and oxygen atoms in total. The van der Waals surface area contributed by atoms with Gasteiger partial charge in [-0.3, -0.25) is 0 Å². The van der Waals surface area contributed by atoms with E-state index < -0.39 is 0 Å². The number of nitrogens with zero attached hydrogens (tertiary/aromatic N) is 1. The molecule has 1 fully saturated rings. The van der Waals surface area contributed by atoms with E-state index in [9.17, 15) is 0 Å². The van der Waals surface area contributed by atoms with Crippen molar-refractivity contribution in [2.24, 2.45) is 17.1 Å². The Morgan fingerprint density at radius 2 is 1.78 bits per heavy atom. The number of likely N-dealkylation sites (tertiary alicyclic amines) is 1. The first-order valence-electron chi connectivity index (χ1n) is 7.93. The predicted molar refractivity (Wildman–Crippen MR) is 80.7 cm³/mol. The summed E-state index contributed by atoms with van der Waals surface area (Å²) in [5, 5.41) is 0. The molecular formula is C16H34N2. The molecule has 0 spiro atoms. The highest BCUT2D eigenvalue weighted by Crippen LogP contribution is 2.34. The maximum Gasteiger partial charge on any atom is 0.00104 e. The fourth-order valence-corrected chi connectivity index (χ4v) is 2.95. The van der Waals surface area contributed by atoms with E-state index in [1.807, 2.05) is 0 Å². The Hall–Kier alpha value is -0.0800. The van der Waals surface area contributed by atoms with Crippen molar-refractivity contribution in [1.29, 1.82) is 0 Å². The normalized spacial score (nSPS) is 23.8. The van der Waals surface area contributed by atoms with Crippen LogP contribution in [0.4, 0.5) is 0 Å². The lowest BCUT2D eigenvalue weighted by atomic mass is 9.78. The molecular weight excluding hydrogens is 220 g/mol. The highest BCUT2D eigenvalue weighted by Gasteiger charge is 2.28. The molecule has 1 saturated heterocycles. The molecule has 1 rings (SSSR count). The molecule has 0 aromatic heterocycles. The van der Waals surface area contributed by atoms with E-state index in [4.69, 9.17) is 5.73 Å². The van der Waals surface area contributed by atoms with Gasteiger partial charge in [0.05, 0.1) is 0 Å². The largest absolute Gasteiger partial charge is 0.328 e. The molecule has 0 aliphatic carbocycles. The molecule has 0 amide bonds. The van der Waals surface area contributed by atoms with Gasteiger partial charge in [0, 0.05) is 12.6 Å². The summed E-state index contributed by atoms with van der Waals surface area (Å²) in [5.74, 6) is 0.828. The van der Waals surface area contributed by atoms with E-state index >= 15 is 0 Å². The number of piperidine rings is 1. The third kappa shape index (κ3) is 5.71. The van der Waals surface area contributed by atoms with E-state index in [2.05, 4.69) is 32.6 Å². The molecule has 0 aromatic rings. The summed E-state index contributed by atoms with van der Waals surface area (Å²) < 4.78 is 0. The molecule has 2 atom stereocenters. The van der Waals surface area contributed by atoms with Crippen molar-refractivity contribution in [2.45, 2.75) is 72.3 Å². The molecule has 1 heterocycles. The lowest BCUT2D eigenvalue weighted by Gasteiger charge is -2.39. The Labute approximate surface area is 114 Å². The molecule has 1 aliphatic rings. The van der Waals surface area contributed by atoms with Crippen LogP contribution >= 0.6 is 0 Å².